The summed E-state index contributed by atoms with van der Waals surface area (Å²) in [6.45, 7) is 15.4. The van der Waals surface area contributed by atoms with E-state index < -0.39 is 22.2 Å². The maximum Gasteiger partial charge on any atom is 0.223 e. The summed E-state index contributed by atoms with van der Waals surface area (Å²) in [5.41, 5.74) is 0.0394. The van der Waals surface area contributed by atoms with Crippen LogP contribution in [-0.2, 0) is 33.8 Å². The summed E-state index contributed by atoms with van der Waals surface area (Å²) >= 11 is 0. The van der Waals surface area contributed by atoms with E-state index in [1.807, 2.05) is 4.90 Å². The molecule has 8 fully saturated rings. The van der Waals surface area contributed by atoms with Crippen molar-refractivity contribution in [1.82, 2.24) is 9.21 Å². The van der Waals surface area contributed by atoms with Crippen molar-refractivity contribution >= 4 is 22.2 Å². The molecule has 10 nitrogen and oxygen atoms in total. The van der Waals surface area contributed by atoms with Crippen LogP contribution >= 0.6 is 0 Å². The van der Waals surface area contributed by atoms with Gasteiger partial charge in [-0.15, -0.1) is 0 Å². The van der Waals surface area contributed by atoms with E-state index >= 15 is 0 Å². The summed E-state index contributed by atoms with van der Waals surface area (Å²) in [5.74, 6) is 2.22. The molecule has 2 aliphatic heterocycles. The van der Waals surface area contributed by atoms with E-state index in [0.717, 1.165) is 38.4 Å². The number of ether oxygens (including phenoxy) is 3. The Bertz CT molecular complexity index is 1520. The smallest absolute Gasteiger partial charge is 0.223 e. The molecule has 8 rings (SSSR count). The molecular weight excluding hydrogens is 669 g/mol. The normalized spacial score (nSPS) is 49.2. The lowest BCUT2D eigenvalue weighted by Crippen LogP contribution is -2.60. The van der Waals surface area contributed by atoms with Gasteiger partial charge in [-0.25, -0.2) is 8.42 Å². The molecule has 14 atom stereocenters. The molecule has 2 saturated heterocycles. The van der Waals surface area contributed by atoms with Gasteiger partial charge in [0.2, 0.25) is 15.9 Å². The van der Waals surface area contributed by atoms with Gasteiger partial charge in [-0.1, -0.05) is 34.6 Å². The summed E-state index contributed by atoms with van der Waals surface area (Å²) in [6, 6.07) is -0.764. The summed E-state index contributed by atoms with van der Waals surface area (Å²) in [4.78, 5) is 26.5. The molecule has 8 aliphatic rings. The van der Waals surface area contributed by atoms with Crippen LogP contribution in [0.3, 0.4) is 0 Å². The first-order chi connectivity index (χ1) is 23.9. The minimum atomic E-state index is -3.61. The molecule has 0 bridgehead atoms. The molecule has 2 heterocycles. The Morgan fingerprint density at radius 3 is 2.45 bits per heavy atom. The van der Waals surface area contributed by atoms with E-state index in [4.69, 9.17) is 14.2 Å². The number of morpholine rings is 1. The fourth-order valence-electron chi connectivity index (χ4n) is 14.4. The van der Waals surface area contributed by atoms with Crippen LogP contribution in [0.15, 0.2) is 0 Å². The van der Waals surface area contributed by atoms with Crippen molar-refractivity contribution in [3.63, 3.8) is 0 Å². The van der Waals surface area contributed by atoms with Gasteiger partial charge in [0, 0.05) is 24.9 Å². The highest BCUT2D eigenvalue weighted by Gasteiger charge is 2.84. The van der Waals surface area contributed by atoms with E-state index in [1.54, 1.807) is 6.92 Å². The van der Waals surface area contributed by atoms with Crippen molar-refractivity contribution < 1.29 is 37.3 Å². The van der Waals surface area contributed by atoms with Gasteiger partial charge < -0.3 is 29.0 Å². The molecule has 1 amide bonds. The third kappa shape index (κ3) is 5.34. The lowest BCUT2D eigenvalue weighted by molar-refractivity contribution is -0.248. The van der Waals surface area contributed by atoms with Crippen molar-refractivity contribution in [2.45, 2.75) is 149 Å². The third-order valence-electron chi connectivity index (χ3n) is 17.1. The number of aliphatic hydroxyl groups excluding tert-OH is 1. The van der Waals surface area contributed by atoms with Crippen molar-refractivity contribution in [1.29, 1.82) is 0 Å². The van der Waals surface area contributed by atoms with Crippen LogP contribution in [0.25, 0.3) is 0 Å². The van der Waals surface area contributed by atoms with Crippen LogP contribution < -0.4 is 0 Å². The molecule has 0 aromatic rings. The van der Waals surface area contributed by atoms with E-state index in [1.165, 1.54) is 30.0 Å². The zero-order chi connectivity index (χ0) is 36.5. The topological polar surface area (TPSA) is 123 Å². The molecule has 0 aromatic carbocycles. The molecule has 288 valence electrons. The van der Waals surface area contributed by atoms with Gasteiger partial charge in [0.15, 0.2) is 6.29 Å². The average Bonchev–Trinajstić information content (AvgIpc) is 3.99. The first-order valence-corrected chi connectivity index (χ1v) is 22.1. The lowest BCUT2D eigenvalue weighted by atomic mass is 9.41. The Morgan fingerprint density at radius 1 is 1.06 bits per heavy atom. The first-order valence-electron chi connectivity index (χ1n) is 20.2. The van der Waals surface area contributed by atoms with Crippen molar-refractivity contribution in [3.05, 3.63) is 0 Å². The Kier molecular flexibility index (Phi) is 8.81. The monoisotopic (exact) mass is 732 g/mol. The van der Waals surface area contributed by atoms with E-state index in [2.05, 4.69) is 34.6 Å². The fourth-order valence-corrected chi connectivity index (χ4v) is 15.5. The molecule has 0 aromatic heterocycles. The van der Waals surface area contributed by atoms with Gasteiger partial charge in [-0.3, -0.25) is 4.79 Å². The predicted molar refractivity (Wildman–Crippen MR) is 192 cm³/mol. The van der Waals surface area contributed by atoms with Gasteiger partial charge in [0.25, 0.3) is 0 Å². The van der Waals surface area contributed by atoms with Crippen molar-refractivity contribution in [2.75, 3.05) is 32.5 Å². The molecule has 51 heavy (non-hydrogen) atoms. The number of carbonyl (C=O) groups excluding carboxylic acids is 2. The van der Waals surface area contributed by atoms with Gasteiger partial charge in [-0.05, 0) is 122 Å². The Hall–Kier alpha value is -1.11. The second kappa shape index (κ2) is 12.2. The number of amides is 1. The number of sulfonamides is 1. The van der Waals surface area contributed by atoms with Gasteiger partial charge >= 0.3 is 0 Å². The maximum absolute atomic E-state index is 12.9. The standard InChI is InChI=1S/C40H64N2O8S/c1-24-18-27(20-42(25(2)22-43)51(7,46)47)49-34-33(24)37(5)14-15-40-23-39(40)13-12-30(36(3,4)28(39)10-11-29(40)38(37,6)35(34)45)50-32-21-41(16-17-48-32)31(44)19-26-8-9-26/h22,24-30,32-35,45H,8-21,23H2,1-7H3/t24-,25+,27?,28+,29?,30?,32+,33+,34?,35+,37?,38-,39?,40?/m1/s1. The summed E-state index contributed by atoms with van der Waals surface area (Å²) in [6.07, 6.45) is 11.8. The number of aliphatic hydroxyl groups is 1. The highest BCUT2D eigenvalue weighted by Crippen LogP contribution is 2.89. The predicted octanol–water partition coefficient (Wildman–Crippen LogP) is 5.02. The SMILES string of the molecule is C[C@@H]1CC(CN([C@@H](C)C=O)S(C)(=O)=O)OC2[C@H]1C1(C)CCC34CC35CCC(O[C@H]3CN(C(=O)CC6CC6)CCO3)C(C)(C)[C@@H]5CCC4[C@]1(C)[C@H]2O. The number of aldehydes is 1. The quantitative estimate of drug-likeness (QED) is 0.328. The summed E-state index contributed by atoms with van der Waals surface area (Å²) in [5, 5.41) is 12.6. The fraction of sp³-hybridized carbons (Fsp3) is 0.950. The van der Waals surface area contributed by atoms with Crippen LogP contribution in [0.1, 0.15) is 112 Å². The van der Waals surface area contributed by atoms with E-state index in [9.17, 15) is 23.1 Å². The van der Waals surface area contributed by atoms with Crippen LogP contribution in [0.2, 0.25) is 0 Å². The maximum atomic E-state index is 12.9. The molecule has 1 N–H and O–H groups in total. The molecule has 0 radical (unpaired) electrons. The van der Waals surface area contributed by atoms with Gasteiger partial charge in [-0.2, -0.15) is 4.31 Å². The van der Waals surface area contributed by atoms with Crippen LogP contribution in [0, 0.1) is 56.7 Å². The first kappa shape index (κ1) is 36.8. The number of fused-ring (bicyclic) bond motifs is 4. The Morgan fingerprint density at radius 2 is 1.76 bits per heavy atom. The summed E-state index contributed by atoms with van der Waals surface area (Å²) < 4.78 is 46.4. The zero-order valence-corrected chi connectivity index (χ0v) is 33.0. The minimum absolute atomic E-state index is 0.0324. The van der Waals surface area contributed by atoms with Crippen LogP contribution in [0.5, 0.6) is 0 Å². The number of rotatable bonds is 9. The van der Waals surface area contributed by atoms with Crippen molar-refractivity contribution in [3.8, 4) is 0 Å². The highest BCUT2D eigenvalue weighted by atomic mass is 32.2. The van der Waals surface area contributed by atoms with Crippen molar-refractivity contribution in [2.24, 2.45) is 56.7 Å². The number of carbonyl (C=O) groups is 2. The lowest BCUT2D eigenvalue weighted by Gasteiger charge is -2.64. The molecule has 7 unspecified atom stereocenters. The zero-order valence-electron chi connectivity index (χ0n) is 32.1. The molecule has 6 saturated carbocycles. The second-order valence-corrected chi connectivity index (χ2v) is 21.7. The molecule has 11 heteroatoms. The average molecular weight is 733 g/mol. The number of hydrogen-bond acceptors (Lipinski definition) is 8. The van der Waals surface area contributed by atoms with Gasteiger partial charge in [0.05, 0.1) is 49.9 Å². The Labute approximate surface area is 306 Å². The summed E-state index contributed by atoms with van der Waals surface area (Å²) in [7, 11) is -3.61. The number of nitrogens with zero attached hydrogens (tertiary/aromatic N) is 2. The van der Waals surface area contributed by atoms with Gasteiger partial charge in [0.1, 0.15) is 6.29 Å². The third-order valence-corrected chi connectivity index (χ3v) is 18.5. The molecular formula is C40H64N2O8S. The number of hydrogen-bond donors (Lipinski definition) is 1. The highest BCUT2D eigenvalue weighted by molar-refractivity contribution is 7.88. The minimum Gasteiger partial charge on any atom is -0.390 e. The Balaban J connectivity index is 0.994. The molecule has 2 spiro atoms. The van der Waals surface area contributed by atoms with Crippen LogP contribution in [0.4, 0.5) is 0 Å². The largest absolute Gasteiger partial charge is 0.390 e. The van der Waals surface area contributed by atoms with E-state index in [0.29, 0.717) is 56.6 Å². The second-order valence-electron chi connectivity index (χ2n) is 19.8. The van der Waals surface area contributed by atoms with Crippen LogP contribution in [-0.4, -0.2) is 104 Å². The van der Waals surface area contributed by atoms with E-state index in [-0.39, 0.29) is 76.0 Å². The molecule has 6 aliphatic carbocycles.